The van der Waals surface area contributed by atoms with Gasteiger partial charge in [0.2, 0.25) is 5.91 Å². The van der Waals surface area contributed by atoms with Gasteiger partial charge >= 0.3 is 5.97 Å². The molecule has 4 rings (SSSR count). The molecular weight excluding hydrogens is 483 g/mol. The number of ether oxygens (including phenoxy) is 1. The van der Waals surface area contributed by atoms with Crippen molar-refractivity contribution in [2.24, 2.45) is 0 Å². The Bertz CT molecular complexity index is 1460. The van der Waals surface area contributed by atoms with Crippen molar-refractivity contribution in [3.8, 4) is 11.1 Å². The number of carbonyl (C=O) groups is 2. The Kier molecular flexibility index (Phi) is 8.20. The molecule has 7 nitrogen and oxygen atoms in total. The van der Waals surface area contributed by atoms with Crippen molar-refractivity contribution in [3.05, 3.63) is 88.1 Å². The van der Waals surface area contributed by atoms with Crippen molar-refractivity contribution in [3.63, 3.8) is 0 Å². The fourth-order valence-electron chi connectivity index (χ4n) is 4.73. The first-order valence-electron chi connectivity index (χ1n) is 12.8. The van der Waals surface area contributed by atoms with Crippen molar-refractivity contribution in [2.45, 2.75) is 59.9 Å². The van der Waals surface area contributed by atoms with Gasteiger partial charge in [-0.05, 0) is 69.9 Å². The summed E-state index contributed by atoms with van der Waals surface area (Å²) >= 11 is 0. The summed E-state index contributed by atoms with van der Waals surface area (Å²) in [4.78, 5) is 30.1. The summed E-state index contributed by atoms with van der Waals surface area (Å²) in [6.07, 6.45) is 0.759. The topological polar surface area (TPSA) is 85.6 Å². The van der Waals surface area contributed by atoms with Crippen LogP contribution in [0.5, 0.6) is 0 Å². The Labute approximate surface area is 222 Å². The van der Waals surface area contributed by atoms with E-state index in [-0.39, 0.29) is 37.1 Å². The average molecular weight is 517 g/mol. The number of aryl methyl sites for hydroxylation is 4. The van der Waals surface area contributed by atoms with Crippen molar-refractivity contribution >= 4 is 17.5 Å². The zero-order valence-electron chi connectivity index (χ0n) is 22.5. The van der Waals surface area contributed by atoms with E-state index in [4.69, 9.17) is 14.8 Å². The number of rotatable bonds is 9. The highest BCUT2D eigenvalue weighted by Crippen LogP contribution is 2.29. The normalized spacial score (nSPS) is 11.9. The highest BCUT2D eigenvalue weighted by molar-refractivity contribution is 5.81. The molecule has 0 bridgehead atoms. The van der Waals surface area contributed by atoms with Gasteiger partial charge in [-0.3, -0.25) is 9.59 Å². The zero-order valence-corrected chi connectivity index (χ0v) is 22.5. The maximum Gasteiger partial charge on any atom is 0.308 e. The van der Waals surface area contributed by atoms with Gasteiger partial charge in [0.05, 0.1) is 24.8 Å². The largest absolute Gasteiger partial charge is 0.466 e. The second kappa shape index (κ2) is 11.5. The van der Waals surface area contributed by atoms with E-state index in [0.717, 1.165) is 44.9 Å². The number of hydrogen-bond donors (Lipinski definition) is 1. The Morgan fingerprint density at radius 3 is 2.34 bits per heavy atom. The second-order valence-electron chi connectivity index (χ2n) is 9.50. The number of aromatic nitrogens is 3. The van der Waals surface area contributed by atoms with Crippen LogP contribution in [0.3, 0.4) is 0 Å². The molecule has 2 heterocycles. The molecule has 2 aromatic heterocycles. The van der Waals surface area contributed by atoms with Crippen LogP contribution in [0.25, 0.3) is 16.8 Å². The summed E-state index contributed by atoms with van der Waals surface area (Å²) in [5.41, 5.74) is 7.81. The molecule has 0 saturated carbocycles. The van der Waals surface area contributed by atoms with E-state index >= 15 is 0 Å². The minimum atomic E-state index is -0.475. The fraction of sp³-hybridized carbons (Fsp3) is 0.333. The van der Waals surface area contributed by atoms with Crippen LogP contribution in [0, 0.1) is 33.5 Å². The fourth-order valence-corrected chi connectivity index (χ4v) is 4.73. The molecule has 8 heteroatoms. The van der Waals surface area contributed by atoms with Gasteiger partial charge in [0.25, 0.3) is 0 Å². The molecule has 4 aromatic rings. The maximum atomic E-state index is 13.5. The van der Waals surface area contributed by atoms with E-state index < -0.39 is 6.04 Å². The first kappa shape index (κ1) is 27.0. The number of fused-ring (bicyclic) bond motifs is 1. The maximum absolute atomic E-state index is 13.5. The predicted molar refractivity (Wildman–Crippen MR) is 144 cm³/mol. The molecule has 1 amide bonds. The summed E-state index contributed by atoms with van der Waals surface area (Å²) in [5.74, 6) is -0.816. The summed E-state index contributed by atoms with van der Waals surface area (Å²) in [6, 6.07) is 13.6. The highest BCUT2D eigenvalue weighted by atomic mass is 19.1. The van der Waals surface area contributed by atoms with E-state index in [2.05, 4.69) is 5.32 Å². The van der Waals surface area contributed by atoms with Gasteiger partial charge in [0, 0.05) is 23.4 Å². The van der Waals surface area contributed by atoms with Gasteiger partial charge in [0.15, 0.2) is 5.65 Å². The number of amides is 1. The monoisotopic (exact) mass is 516 g/mol. The Morgan fingerprint density at radius 2 is 1.68 bits per heavy atom. The molecule has 1 atom stereocenters. The third-order valence-electron chi connectivity index (χ3n) is 6.73. The molecule has 0 saturated heterocycles. The third-order valence-corrected chi connectivity index (χ3v) is 6.73. The van der Waals surface area contributed by atoms with Crippen LogP contribution in [0.2, 0.25) is 0 Å². The summed E-state index contributed by atoms with van der Waals surface area (Å²) in [6.45, 7) is 9.83. The summed E-state index contributed by atoms with van der Waals surface area (Å²) < 4.78 is 20.4. The van der Waals surface area contributed by atoms with Crippen LogP contribution < -0.4 is 5.32 Å². The second-order valence-corrected chi connectivity index (χ2v) is 9.50. The smallest absolute Gasteiger partial charge is 0.308 e. The van der Waals surface area contributed by atoms with Gasteiger partial charge in [-0.2, -0.15) is 5.10 Å². The zero-order chi connectivity index (χ0) is 27.4. The standard InChI is InChI=1S/C30H33FN4O3/c1-6-38-28(37)17-26(22-9-7-18(2)8-10-22)33-27(36)16-15-25-19(3)32-30-29(20(4)34-35(30)21(25)5)23-11-13-24(31)14-12-23/h7-14,26H,6,15-17H2,1-5H3,(H,33,36)/t26-/m0/s1. The van der Waals surface area contributed by atoms with Crippen LogP contribution >= 0.6 is 0 Å². The molecule has 0 aliphatic heterocycles. The molecule has 1 N–H and O–H groups in total. The summed E-state index contributed by atoms with van der Waals surface area (Å²) in [7, 11) is 0. The molecule has 0 radical (unpaired) electrons. The van der Waals surface area contributed by atoms with Gasteiger partial charge in [-0.25, -0.2) is 13.9 Å². The lowest BCUT2D eigenvalue weighted by atomic mass is 10.0. The van der Waals surface area contributed by atoms with Crippen molar-refractivity contribution < 1.29 is 18.7 Å². The molecule has 0 unspecified atom stereocenters. The van der Waals surface area contributed by atoms with E-state index in [1.807, 2.05) is 52.0 Å². The van der Waals surface area contributed by atoms with Crippen LogP contribution in [0.1, 0.15) is 59.6 Å². The van der Waals surface area contributed by atoms with Gasteiger partial charge in [0.1, 0.15) is 5.82 Å². The van der Waals surface area contributed by atoms with Crippen molar-refractivity contribution in [1.29, 1.82) is 0 Å². The number of nitrogens with one attached hydrogen (secondary N) is 1. The highest BCUT2D eigenvalue weighted by Gasteiger charge is 2.21. The molecule has 0 aliphatic carbocycles. The number of benzene rings is 2. The Hall–Kier alpha value is -4.07. The van der Waals surface area contributed by atoms with Gasteiger partial charge < -0.3 is 10.1 Å². The van der Waals surface area contributed by atoms with E-state index in [1.54, 1.807) is 23.6 Å². The first-order chi connectivity index (χ1) is 18.2. The predicted octanol–water partition coefficient (Wildman–Crippen LogP) is 5.51. The number of nitrogens with zero attached hydrogens (tertiary/aromatic N) is 3. The summed E-state index contributed by atoms with van der Waals surface area (Å²) in [5, 5.41) is 7.71. The van der Waals surface area contributed by atoms with Crippen LogP contribution in [0.15, 0.2) is 48.5 Å². The minimum Gasteiger partial charge on any atom is -0.466 e. The first-order valence-corrected chi connectivity index (χ1v) is 12.8. The molecule has 2 aromatic carbocycles. The van der Waals surface area contributed by atoms with Crippen LogP contribution in [-0.4, -0.2) is 33.1 Å². The number of hydrogen-bond acceptors (Lipinski definition) is 5. The Balaban J connectivity index is 1.54. The lowest BCUT2D eigenvalue weighted by molar-refractivity contribution is -0.143. The van der Waals surface area contributed by atoms with Crippen molar-refractivity contribution in [2.75, 3.05) is 6.61 Å². The van der Waals surface area contributed by atoms with Gasteiger partial charge in [-0.15, -0.1) is 0 Å². The average Bonchev–Trinajstić information content (AvgIpc) is 3.20. The molecule has 0 aliphatic rings. The third kappa shape index (κ3) is 5.90. The lowest BCUT2D eigenvalue weighted by Gasteiger charge is -2.19. The molecule has 0 spiro atoms. The van der Waals surface area contributed by atoms with E-state index in [1.165, 1.54) is 12.1 Å². The van der Waals surface area contributed by atoms with E-state index in [9.17, 15) is 14.0 Å². The number of halogens is 1. The molecule has 198 valence electrons. The van der Waals surface area contributed by atoms with Crippen LogP contribution in [-0.2, 0) is 20.7 Å². The SMILES string of the molecule is CCOC(=O)C[C@H](NC(=O)CCc1c(C)nc2c(-c3ccc(F)cc3)c(C)nn2c1C)c1ccc(C)cc1. The molecule has 38 heavy (non-hydrogen) atoms. The van der Waals surface area contributed by atoms with Gasteiger partial charge in [-0.1, -0.05) is 42.0 Å². The number of esters is 1. The lowest BCUT2D eigenvalue weighted by Crippen LogP contribution is -2.31. The molecule has 0 fully saturated rings. The number of carbonyl (C=O) groups excluding carboxylic acids is 2. The van der Waals surface area contributed by atoms with Crippen molar-refractivity contribution in [1.82, 2.24) is 19.9 Å². The minimum absolute atomic E-state index is 0.0624. The van der Waals surface area contributed by atoms with E-state index in [0.29, 0.717) is 12.1 Å². The Morgan fingerprint density at radius 1 is 1.00 bits per heavy atom. The quantitative estimate of drug-likeness (QED) is 0.297. The molecular formula is C30H33FN4O3. The van der Waals surface area contributed by atoms with Crippen LogP contribution in [0.4, 0.5) is 4.39 Å².